The molecule has 0 saturated heterocycles. The van der Waals surface area contributed by atoms with Crippen molar-refractivity contribution < 1.29 is 12.6 Å². The first-order valence-corrected chi connectivity index (χ1v) is 7.25. The average molecular weight is 268 g/mol. The van der Waals surface area contributed by atoms with E-state index in [0.29, 0.717) is 0 Å². The minimum absolute atomic E-state index is 0.0248. The van der Waals surface area contributed by atoms with E-state index in [1.165, 1.54) is 0 Å². The lowest BCUT2D eigenvalue weighted by molar-refractivity contribution is 0.355. The van der Waals surface area contributed by atoms with Gasteiger partial charge in [0.15, 0.2) is 0 Å². The van der Waals surface area contributed by atoms with Crippen LogP contribution in [0.4, 0.5) is 0 Å². The molecule has 0 N–H and O–H groups in total. The van der Waals surface area contributed by atoms with Crippen LogP contribution in [0.3, 0.4) is 0 Å². The van der Waals surface area contributed by atoms with E-state index in [9.17, 15) is 8.42 Å². The third-order valence-corrected chi connectivity index (χ3v) is 3.54. The number of hydrogen-bond donors (Lipinski definition) is 0. The summed E-state index contributed by atoms with van der Waals surface area (Å²) in [6.07, 6.45) is 3.66. The second-order valence-electron chi connectivity index (χ2n) is 5.32. The van der Waals surface area contributed by atoms with Crippen molar-refractivity contribution in [3.63, 3.8) is 0 Å². The summed E-state index contributed by atoms with van der Waals surface area (Å²) >= 11 is 0. The van der Waals surface area contributed by atoms with Gasteiger partial charge in [0.2, 0.25) is 0 Å². The molecule has 1 rings (SSSR count). The van der Waals surface area contributed by atoms with Gasteiger partial charge in [0.1, 0.15) is 0 Å². The first kappa shape index (κ1) is 14.9. The van der Waals surface area contributed by atoms with Crippen molar-refractivity contribution in [2.24, 2.45) is 5.41 Å². The van der Waals surface area contributed by atoms with Gasteiger partial charge in [0.25, 0.3) is 10.1 Å². The fourth-order valence-electron chi connectivity index (χ4n) is 1.30. The van der Waals surface area contributed by atoms with Crippen LogP contribution in [0.25, 0.3) is 0 Å². The number of benzene rings is 1. The maximum Gasteiger partial charge on any atom is 0.297 e. The van der Waals surface area contributed by atoms with Crippen molar-refractivity contribution in [3.8, 4) is 0 Å². The summed E-state index contributed by atoms with van der Waals surface area (Å²) in [4.78, 5) is 0.192. The molecular formula is C14H20O3S. The molecular weight excluding hydrogens is 248 g/mol. The fraction of sp³-hybridized carbons (Fsp3) is 0.429. The van der Waals surface area contributed by atoms with Crippen molar-refractivity contribution in [1.82, 2.24) is 0 Å². The van der Waals surface area contributed by atoms with Gasteiger partial charge in [0.05, 0.1) is 11.5 Å². The van der Waals surface area contributed by atoms with Gasteiger partial charge < -0.3 is 0 Å². The highest BCUT2D eigenvalue weighted by atomic mass is 32.2. The van der Waals surface area contributed by atoms with Crippen LogP contribution in [0, 0.1) is 12.3 Å². The molecule has 0 aliphatic rings. The van der Waals surface area contributed by atoms with Crippen molar-refractivity contribution >= 4 is 10.1 Å². The first-order chi connectivity index (χ1) is 8.21. The molecule has 0 spiro atoms. The van der Waals surface area contributed by atoms with Crippen LogP contribution in [0.5, 0.6) is 0 Å². The number of allylic oxidation sites excluding steroid dienone is 1. The van der Waals surface area contributed by atoms with Crippen LogP contribution in [0.2, 0.25) is 0 Å². The van der Waals surface area contributed by atoms with Gasteiger partial charge in [-0.15, -0.1) is 0 Å². The van der Waals surface area contributed by atoms with Gasteiger partial charge in [-0.1, -0.05) is 50.6 Å². The van der Waals surface area contributed by atoms with Crippen LogP contribution in [-0.4, -0.2) is 15.0 Å². The minimum atomic E-state index is -3.65. The Bertz CT molecular complexity index is 505. The molecule has 0 radical (unpaired) electrons. The summed E-state index contributed by atoms with van der Waals surface area (Å²) in [5.41, 5.74) is 1.04. The third kappa shape index (κ3) is 5.02. The topological polar surface area (TPSA) is 43.4 Å². The molecule has 0 aliphatic carbocycles. The van der Waals surface area contributed by atoms with Crippen LogP contribution in [0.15, 0.2) is 41.3 Å². The zero-order valence-corrected chi connectivity index (χ0v) is 12.1. The predicted molar refractivity (Wildman–Crippen MR) is 72.9 cm³/mol. The molecule has 1 aromatic rings. The molecule has 0 unspecified atom stereocenters. The second kappa shape index (κ2) is 5.67. The Morgan fingerprint density at radius 2 is 1.72 bits per heavy atom. The Labute approximate surface area is 110 Å². The van der Waals surface area contributed by atoms with Gasteiger partial charge in [0, 0.05) is 0 Å². The van der Waals surface area contributed by atoms with E-state index in [1.807, 2.05) is 33.8 Å². The summed E-state index contributed by atoms with van der Waals surface area (Å²) in [6.45, 7) is 8.09. The normalized spacial score (nSPS) is 13.1. The minimum Gasteiger partial charge on any atom is -0.262 e. The highest BCUT2D eigenvalue weighted by Gasteiger charge is 2.13. The smallest absolute Gasteiger partial charge is 0.262 e. The fourth-order valence-corrected chi connectivity index (χ4v) is 2.17. The van der Waals surface area contributed by atoms with E-state index >= 15 is 0 Å². The second-order valence-corrected chi connectivity index (χ2v) is 6.94. The summed E-state index contributed by atoms with van der Waals surface area (Å²) < 4.78 is 28.6. The number of rotatable bonds is 4. The molecule has 18 heavy (non-hydrogen) atoms. The molecule has 100 valence electrons. The van der Waals surface area contributed by atoms with E-state index in [0.717, 1.165) is 5.56 Å². The van der Waals surface area contributed by atoms with Crippen LogP contribution in [0.1, 0.15) is 26.3 Å². The van der Waals surface area contributed by atoms with Gasteiger partial charge in [-0.05, 0) is 24.5 Å². The van der Waals surface area contributed by atoms with Gasteiger partial charge in [-0.3, -0.25) is 4.18 Å². The SMILES string of the molecule is Cc1ccc(S(=O)(=O)OCC=CC(C)(C)C)cc1. The lowest BCUT2D eigenvalue weighted by Gasteiger charge is -2.11. The quantitative estimate of drug-likeness (QED) is 0.621. The van der Waals surface area contributed by atoms with E-state index in [1.54, 1.807) is 30.3 Å². The Kier molecular flexibility index (Phi) is 4.71. The Morgan fingerprint density at radius 1 is 1.17 bits per heavy atom. The van der Waals surface area contributed by atoms with Crippen molar-refractivity contribution in [2.75, 3.05) is 6.61 Å². The maximum atomic E-state index is 11.8. The number of aryl methyl sites for hydroxylation is 1. The predicted octanol–water partition coefficient (Wildman–Crippen LogP) is 3.30. The Balaban J connectivity index is 2.66. The van der Waals surface area contributed by atoms with Gasteiger partial charge >= 0.3 is 0 Å². The molecule has 1 aromatic carbocycles. The molecule has 0 atom stereocenters. The zero-order chi connectivity index (χ0) is 13.8. The van der Waals surface area contributed by atoms with E-state index < -0.39 is 10.1 Å². The third-order valence-electron chi connectivity index (χ3n) is 2.25. The summed E-state index contributed by atoms with van der Waals surface area (Å²) in [5, 5.41) is 0. The standard InChI is InChI=1S/C14H20O3S/c1-12-6-8-13(9-7-12)18(15,16)17-11-5-10-14(2,3)4/h5-10H,11H2,1-4H3. The molecule has 0 fully saturated rings. The lowest BCUT2D eigenvalue weighted by Crippen LogP contribution is -2.07. The largest absolute Gasteiger partial charge is 0.297 e. The first-order valence-electron chi connectivity index (χ1n) is 5.84. The van der Waals surface area contributed by atoms with E-state index in [4.69, 9.17) is 4.18 Å². The molecule has 0 saturated carbocycles. The molecule has 3 nitrogen and oxygen atoms in total. The summed E-state index contributed by atoms with van der Waals surface area (Å²) in [5.74, 6) is 0. The average Bonchev–Trinajstić information content (AvgIpc) is 2.24. The maximum absolute atomic E-state index is 11.8. The van der Waals surface area contributed by atoms with Crippen molar-refractivity contribution in [3.05, 3.63) is 42.0 Å². The molecule has 0 amide bonds. The highest BCUT2D eigenvalue weighted by molar-refractivity contribution is 7.86. The highest BCUT2D eigenvalue weighted by Crippen LogP contribution is 2.16. The molecule has 4 heteroatoms. The van der Waals surface area contributed by atoms with Gasteiger partial charge in [-0.2, -0.15) is 8.42 Å². The van der Waals surface area contributed by atoms with Crippen molar-refractivity contribution in [2.45, 2.75) is 32.6 Å². The number of hydrogen-bond acceptors (Lipinski definition) is 3. The lowest BCUT2D eigenvalue weighted by atomic mass is 9.97. The van der Waals surface area contributed by atoms with Crippen LogP contribution in [-0.2, 0) is 14.3 Å². The molecule has 0 bridgehead atoms. The molecule has 0 aromatic heterocycles. The summed E-state index contributed by atoms with van der Waals surface area (Å²) in [7, 11) is -3.65. The summed E-state index contributed by atoms with van der Waals surface area (Å²) in [6, 6.07) is 6.61. The van der Waals surface area contributed by atoms with Crippen LogP contribution < -0.4 is 0 Å². The van der Waals surface area contributed by atoms with E-state index in [-0.39, 0.29) is 16.9 Å². The zero-order valence-electron chi connectivity index (χ0n) is 11.3. The van der Waals surface area contributed by atoms with Crippen molar-refractivity contribution in [1.29, 1.82) is 0 Å². The molecule has 0 heterocycles. The monoisotopic (exact) mass is 268 g/mol. The van der Waals surface area contributed by atoms with E-state index in [2.05, 4.69) is 0 Å². The van der Waals surface area contributed by atoms with Crippen LogP contribution >= 0.6 is 0 Å². The van der Waals surface area contributed by atoms with Gasteiger partial charge in [-0.25, -0.2) is 0 Å². The molecule has 0 aliphatic heterocycles. The Morgan fingerprint density at radius 3 is 2.22 bits per heavy atom. The Hall–Kier alpha value is -1.13.